The van der Waals surface area contributed by atoms with E-state index in [1.54, 1.807) is 12.1 Å². The number of hydrogen-bond acceptors (Lipinski definition) is 2. The molecule has 0 radical (unpaired) electrons. The smallest absolute Gasteiger partial charge is 0.429 e. The minimum atomic E-state index is -5.01. The lowest BCUT2D eigenvalue weighted by molar-refractivity contribution is -0.275. The maximum Gasteiger partial charge on any atom is 0.573 e. The van der Waals surface area contributed by atoms with E-state index in [0.29, 0.717) is 5.56 Å². The predicted octanol–water partition coefficient (Wildman–Crippen LogP) is 7.47. The third-order valence-electron chi connectivity index (χ3n) is 4.42. The lowest BCUT2D eigenvalue weighted by atomic mass is 10.1. The van der Waals surface area contributed by atoms with E-state index in [0.717, 1.165) is 30.5 Å². The lowest BCUT2D eigenvalue weighted by Gasteiger charge is -2.19. The van der Waals surface area contributed by atoms with Crippen LogP contribution in [0.5, 0.6) is 11.5 Å². The Hall–Kier alpha value is -3.16. The van der Waals surface area contributed by atoms with Crippen LogP contribution in [0.3, 0.4) is 0 Å². The first-order valence-corrected chi connectivity index (χ1v) is 9.39. The highest BCUT2D eigenvalue weighted by Gasteiger charge is 2.34. The average Bonchev–Trinajstić information content (AvgIpc) is 2.70. The summed E-state index contributed by atoms with van der Waals surface area (Å²) in [7, 11) is 0. The van der Waals surface area contributed by atoms with Crippen molar-refractivity contribution < 1.29 is 35.8 Å². The van der Waals surface area contributed by atoms with Crippen LogP contribution < -0.4 is 9.47 Å². The molecule has 8 heteroatoms. The van der Waals surface area contributed by atoms with E-state index in [4.69, 9.17) is 4.74 Å². The van der Waals surface area contributed by atoms with Gasteiger partial charge in [0.25, 0.3) is 0 Å². The second kappa shape index (κ2) is 8.91. The molecule has 164 valence electrons. The molecule has 0 atom stereocenters. The molecule has 3 rings (SSSR count). The maximum atomic E-state index is 14.4. The summed E-state index contributed by atoms with van der Waals surface area (Å²) >= 11 is 0. The van der Waals surface area contributed by atoms with Crippen LogP contribution in [0.25, 0.3) is 11.1 Å². The molecule has 3 aromatic carbocycles. The molecule has 31 heavy (non-hydrogen) atoms. The van der Waals surface area contributed by atoms with Crippen LogP contribution in [0, 0.1) is 5.82 Å². The lowest BCUT2D eigenvalue weighted by Crippen LogP contribution is -2.21. The Balaban J connectivity index is 1.73. The van der Waals surface area contributed by atoms with Crippen molar-refractivity contribution in [2.75, 3.05) is 0 Å². The normalized spacial score (nSPS) is 12.0. The first kappa shape index (κ1) is 22.5. The monoisotopic (exact) mass is 440 g/mol. The molecule has 0 unspecified atom stereocenters. The molecule has 0 aliphatic rings. The summed E-state index contributed by atoms with van der Waals surface area (Å²) in [5.74, 6) is -2.28. The fourth-order valence-electron chi connectivity index (χ4n) is 2.96. The van der Waals surface area contributed by atoms with Gasteiger partial charge in [0.05, 0.1) is 5.56 Å². The van der Waals surface area contributed by atoms with Gasteiger partial charge in [-0.2, -0.15) is 8.78 Å². The summed E-state index contributed by atoms with van der Waals surface area (Å²) in [4.78, 5) is 0. The van der Waals surface area contributed by atoms with Gasteiger partial charge in [-0.25, -0.2) is 4.39 Å². The summed E-state index contributed by atoms with van der Waals surface area (Å²) in [6.07, 6.45) is -6.88. The van der Waals surface area contributed by atoms with Crippen molar-refractivity contribution >= 4 is 0 Å². The fourth-order valence-corrected chi connectivity index (χ4v) is 2.96. The van der Waals surface area contributed by atoms with E-state index in [1.807, 2.05) is 6.92 Å². The quantitative estimate of drug-likeness (QED) is 0.355. The van der Waals surface area contributed by atoms with E-state index in [-0.39, 0.29) is 16.9 Å². The van der Waals surface area contributed by atoms with Gasteiger partial charge in [0, 0.05) is 0 Å². The summed E-state index contributed by atoms with van der Waals surface area (Å²) in [6, 6.07) is 14.1. The van der Waals surface area contributed by atoms with Crippen LogP contribution in [0.4, 0.5) is 26.3 Å². The molecule has 3 aromatic rings. The van der Waals surface area contributed by atoms with Crippen LogP contribution in [-0.4, -0.2) is 6.36 Å². The number of rotatable bonds is 7. The molecule has 0 aliphatic heterocycles. The standard InChI is InChI=1S/C23H18F6O2/c1-2-3-15-4-9-18(10-5-15)22(25,26)30-19-11-6-16(7-12-19)17-8-13-21(20(24)14-17)31-23(27,28)29/h4-14H,2-3H2,1H3. The number of hydrogen-bond donors (Lipinski definition) is 0. The highest BCUT2D eigenvalue weighted by molar-refractivity contribution is 5.65. The van der Waals surface area contributed by atoms with E-state index in [9.17, 15) is 26.3 Å². The Morgan fingerprint density at radius 2 is 1.35 bits per heavy atom. The highest BCUT2D eigenvalue weighted by atomic mass is 19.4. The van der Waals surface area contributed by atoms with Gasteiger partial charge in [0.15, 0.2) is 11.6 Å². The molecule has 0 amide bonds. The Bertz CT molecular complexity index is 1010. The molecular formula is C23H18F6O2. The Kier molecular flexibility index (Phi) is 6.48. The van der Waals surface area contributed by atoms with Crippen molar-refractivity contribution in [1.82, 2.24) is 0 Å². The van der Waals surface area contributed by atoms with Crippen LogP contribution in [0.1, 0.15) is 24.5 Å². The SMILES string of the molecule is CCCc1ccc(C(F)(F)Oc2ccc(-c3ccc(OC(F)(F)F)c(F)c3)cc2)cc1. The minimum Gasteiger partial charge on any atom is -0.429 e. The Morgan fingerprint density at radius 3 is 1.90 bits per heavy atom. The molecular weight excluding hydrogens is 422 g/mol. The molecule has 0 bridgehead atoms. The van der Waals surface area contributed by atoms with Crippen LogP contribution in [0.2, 0.25) is 0 Å². The summed E-state index contributed by atoms with van der Waals surface area (Å²) in [5.41, 5.74) is 1.30. The number of benzene rings is 3. The van der Waals surface area contributed by atoms with Gasteiger partial charge in [0.1, 0.15) is 5.75 Å². The first-order chi connectivity index (χ1) is 14.6. The van der Waals surface area contributed by atoms with Crippen molar-refractivity contribution in [2.24, 2.45) is 0 Å². The molecule has 0 saturated carbocycles. The maximum absolute atomic E-state index is 14.4. The zero-order valence-corrected chi connectivity index (χ0v) is 16.3. The summed E-state index contributed by atoms with van der Waals surface area (Å²) in [6.45, 7) is 1.99. The van der Waals surface area contributed by atoms with Crippen molar-refractivity contribution in [3.8, 4) is 22.6 Å². The Morgan fingerprint density at radius 1 is 0.742 bits per heavy atom. The van der Waals surface area contributed by atoms with E-state index in [2.05, 4.69) is 4.74 Å². The van der Waals surface area contributed by atoms with Gasteiger partial charge in [-0.15, -0.1) is 13.2 Å². The number of ether oxygens (including phenoxy) is 2. The van der Waals surface area contributed by atoms with Crippen molar-refractivity contribution in [3.63, 3.8) is 0 Å². The predicted molar refractivity (Wildman–Crippen MR) is 103 cm³/mol. The first-order valence-electron chi connectivity index (χ1n) is 9.39. The summed E-state index contributed by atoms with van der Waals surface area (Å²) < 4.78 is 87.9. The van der Waals surface area contributed by atoms with E-state index >= 15 is 0 Å². The Labute approximate surface area is 175 Å². The van der Waals surface area contributed by atoms with Gasteiger partial charge in [0.2, 0.25) is 0 Å². The van der Waals surface area contributed by atoms with Crippen molar-refractivity contribution in [3.05, 3.63) is 83.7 Å². The number of halogens is 6. The van der Waals surface area contributed by atoms with Gasteiger partial charge in [-0.3, -0.25) is 0 Å². The van der Waals surface area contributed by atoms with Crippen molar-refractivity contribution in [2.45, 2.75) is 32.2 Å². The van der Waals surface area contributed by atoms with Crippen LogP contribution in [0.15, 0.2) is 66.7 Å². The molecule has 0 aromatic heterocycles. The molecule has 0 aliphatic carbocycles. The zero-order chi connectivity index (χ0) is 22.6. The molecule has 0 spiro atoms. The average molecular weight is 440 g/mol. The highest BCUT2D eigenvalue weighted by Crippen LogP contribution is 2.34. The third-order valence-corrected chi connectivity index (χ3v) is 4.42. The van der Waals surface area contributed by atoms with Crippen molar-refractivity contribution in [1.29, 1.82) is 0 Å². The van der Waals surface area contributed by atoms with Crippen LogP contribution in [-0.2, 0) is 12.5 Å². The van der Waals surface area contributed by atoms with Gasteiger partial charge in [-0.05, 0) is 59.5 Å². The molecule has 0 fully saturated rings. The minimum absolute atomic E-state index is 0.121. The molecule has 0 heterocycles. The number of alkyl halides is 5. The second-order valence-electron chi connectivity index (χ2n) is 6.78. The second-order valence-corrected chi connectivity index (χ2v) is 6.78. The topological polar surface area (TPSA) is 18.5 Å². The van der Waals surface area contributed by atoms with Gasteiger partial charge < -0.3 is 9.47 Å². The van der Waals surface area contributed by atoms with Gasteiger partial charge in [-0.1, -0.05) is 43.7 Å². The fraction of sp³-hybridized carbons (Fsp3) is 0.217. The number of aryl methyl sites for hydroxylation is 1. The summed E-state index contributed by atoms with van der Waals surface area (Å²) in [5, 5.41) is 0. The third kappa shape index (κ3) is 5.93. The molecule has 0 saturated heterocycles. The molecule has 0 N–H and O–H groups in total. The van der Waals surface area contributed by atoms with Crippen LogP contribution >= 0.6 is 0 Å². The van der Waals surface area contributed by atoms with E-state index in [1.165, 1.54) is 42.5 Å². The largest absolute Gasteiger partial charge is 0.573 e. The van der Waals surface area contributed by atoms with E-state index < -0.39 is 24.0 Å². The molecule has 2 nitrogen and oxygen atoms in total. The zero-order valence-electron chi connectivity index (χ0n) is 16.3. The van der Waals surface area contributed by atoms with Gasteiger partial charge >= 0.3 is 12.5 Å².